The Morgan fingerprint density at radius 1 is 1.36 bits per heavy atom. The van der Waals surface area contributed by atoms with E-state index in [2.05, 4.69) is 5.32 Å². The summed E-state index contributed by atoms with van der Waals surface area (Å²) in [5.74, 6) is -0.589. The lowest BCUT2D eigenvalue weighted by molar-refractivity contribution is -0.129. The van der Waals surface area contributed by atoms with E-state index in [1.54, 1.807) is 12.1 Å². The van der Waals surface area contributed by atoms with Gasteiger partial charge in [-0.15, -0.1) is 0 Å². The van der Waals surface area contributed by atoms with Crippen molar-refractivity contribution in [2.75, 3.05) is 5.73 Å². The Hall–Kier alpha value is -2.56. The first-order chi connectivity index (χ1) is 12.1. The van der Waals surface area contributed by atoms with Gasteiger partial charge in [-0.25, -0.2) is 4.39 Å². The summed E-state index contributed by atoms with van der Waals surface area (Å²) in [6, 6.07) is 11.9. The van der Waals surface area contributed by atoms with Gasteiger partial charge in [-0.05, 0) is 61.1 Å². The third-order valence-electron chi connectivity index (χ3n) is 4.57. The van der Waals surface area contributed by atoms with Crippen LogP contribution in [-0.2, 0) is 11.2 Å². The second-order valence-corrected chi connectivity index (χ2v) is 6.36. The highest BCUT2D eigenvalue weighted by atomic mass is 19.1. The number of nitrogens with two attached hydrogens (primary N) is 1. The highest BCUT2D eigenvalue weighted by molar-refractivity contribution is 5.81. The van der Waals surface area contributed by atoms with Gasteiger partial charge >= 0.3 is 0 Å². The van der Waals surface area contributed by atoms with Gasteiger partial charge in [0.25, 0.3) is 5.91 Å². The zero-order valence-electron chi connectivity index (χ0n) is 14.3. The van der Waals surface area contributed by atoms with Gasteiger partial charge in [-0.1, -0.05) is 25.1 Å². The number of para-hydroxylation sites is 1. The van der Waals surface area contributed by atoms with E-state index < -0.39 is 11.9 Å². The summed E-state index contributed by atoms with van der Waals surface area (Å²) in [7, 11) is 0. The van der Waals surface area contributed by atoms with Crippen LogP contribution in [0.5, 0.6) is 5.75 Å². The van der Waals surface area contributed by atoms with Crippen LogP contribution in [-0.4, -0.2) is 12.0 Å². The summed E-state index contributed by atoms with van der Waals surface area (Å²) >= 11 is 0. The molecule has 132 valence electrons. The number of carbonyl (C=O) groups excluding carboxylic acids is 1. The smallest absolute Gasteiger partial charge is 0.261 e. The Morgan fingerprint density at radius 3 is 2.92 bits per heavy atom. The summed E-state index contributed by atoms with van der Waals surface area (Å²) in [6.45, 7) is 1.85. The molecule has 2 aromatic carbocycles. The number of halogens is 1. The maximum Gasteiger partial charge on any atom is 0.261 e. The Labute approximate surface area is 147 Å². The monoisotopic (exact) mass is 342 g/mol. The van der Waals surface area contributed by atoms with Crippen molar-refractivity contribution in [3.05, 3.63) is 59.4 Å². The van der Waals surface area contributed by atoms with E-state index in [1.807, 2.05) is 25.1 Å². The Balaban J connectivity index is 1.72. The Morgan fingerprint density at radius 2 is 2.16 bits per heavy atom. The van der Waals surface area contributed by atoms with Gasteiger partial charge in [0, 0.05) is 5.69 Å². The second kappa shape index (κ2) is 7.55. The quantitative estimate of drug-likeness (QED) is 0.813. The van der Waals surface area contributed by atoms with Crippen LogP contribution in [0.15, 0.2) is 42.5 Å². The summed E-state index contributed by atoms with van der Waals surface area (Å²) in [5.41, 5.74) is 8.88. The molecule has 3 N–H and O–H groups in total. The van der Waals surface area contributed by atoms with Crippen molar-refractivity contribution in [2.24, 2.45) is 0 Å². The molecule has 0 radical (unpaired) electrons. The van der Waals surface area contributed by atoms with Gasteiger partial charge in [-0.2, -0.15) is 0 Å². The van der Waals surface area contributed by atoms with Crippen LogP contribution in [0.1, 0.15) is 43.4 Å². The number of nitrogen functional groups attached to an aromatic ring is 1. The SMILES string of the molecule is CCC(Oc1ccccc1F)C(=O)NC1CCCc2cc(N)ccc21. The minimum atomic E-state index is -0.726. The second-order valence-electron chi connectivity index (χ2n) is 6.36. The molecule has 2 aromatic rings. The Bertz CT molecular complexity index is 763. The normalized spacial score (nSPS) is 17.4. The van der Waals surface area contributed by atoms with Crippen LogP contribution < -0.4 is 15.8 Å². The van der Waals surface area contributed by atoms with Crippen molar-refractivity contribution < 1.29 is 13.9 Å². The van der Waals surface area contributed by atoms with Crippen LogP contribution in [0.2, 0.25) is 0 Å². The molecule has 2 unspecified atom stereocenters. The van der Waals surface area contributed by atoms with Gasteiger partial charge in [0.2, 0.25) is 0 Å². The maximum absolute atomic E-state index is 13.8. The summed E-state index contributed by atoms with van der Waals surface area (Å²) < 4.78 is 19.4. The predicted octanol–water partition coefficient (Wildman–Crippen LogP) is 3.76. The number of nitrogens with one attached hydrogen (secondary N) is 1. The fourth-order valence-electron chi connectivity index (χ4n) is 3.26. The van der Waals surface area contributed by atoms with E-state index in [0.717, 1.165) is 30.5 Å². The topological polar surface area (TPSA) is 64.3 Å². The molecule has 2 atom stereocenters. The number of aryl methyl sites for hydroxylation is 1. The third-order valence-corrected chi connectivity index (χ3v) is 4.57. The van der Waals surface area contributed by atoms with Gasteiger partial charge in [0.05, 0.1) is 6.04 Å². The van der Waals surface area contributed by atoms with Crippen LogP contribution in [0.3, 0.4) is 0 Å². The summed E-state index contributed by atoms with van der Waals surface area (Å²) in [4.78, 5) is 12.7. The van der Waals surface area contributed by atoms with Crippen LogP contribution in [0.4, 0.5) is 10.1 Å². The number of rotatable bonds is 5. The van der Waals surface area contributed by atoms with E-state index in [4.69, 9.17) is 10.5 Å². The fourth-order valence-corrected chi connectivity index (χ4v) is 3.26. The molecule has 25 heavy (non-hydrogen) atoms. The molecule has 0 fully saturated rings. The van der Waals surface area contributed by atoms with Crippen molar-refractivity contribution in [3.63, 3.8) is 0 Å². The van der Waals surface area contributed by atoms with E-state index in [-0.39, 0.29) is 17.7 Å². The maximum atomic E-state index is 13.8. The fraction of sp³-hybridized carbons (Fsp3) is 0.350. The minimum absolute atomic E-state index is 0.0601. The lowest BCUT2D eigenvalue weighted by atomic mass is 9.87. The van der Waals surface area contributed by atoms with Crippen LogP contribution >= 0.6 is 0 Å². The lowest BCUT2D eigenvalue weighted by Crippen LogP contribution is -2.41. The van der Waals surface area contributed by atoms with Gasteiger partial charge in [0.15, 0.2) is 17.7 Å². The first kappa shape index (κ1) is 17.3. The van der Waals surface area contributed by atoms with Crippen molar-refractivity contribution in [3.8, 4) is 5.75 Å². The minimum Gasteiger partial charge on any atom is -0.478 e. The van der Waals surface area contributed by atoms with E-state index >= 15 is 0 Å². The highest BCUT2D eigenvalue weighted by Crippen LogP contribution is 2.31. The number of fused-ring (bicyclic) bond motifs is 1. The van der Waals surface area contributed by atoms with Gasteiger partial charge in [0.1, 0.15) is 0 Å². The zero-order chi connectivity index (χ0) is 17.8. The van der Waals surface area contributed by atoms with Gasteiger partial charge < -0.3 is 15.8 Å². The van der Waals surface area contributed by atoms with Crippen LogP contribution in [0.25, 0.3) is 0 Å². The molecule has 1 aliphatic rings. The molecule has 5 heteroatoms. The number of anilines is 1. The number of amides is 1. The largest absolute Gasteiger partial charge is 0.478 e. The molecule has 4 nitrogen and oxygen atoms in total. The standard InChI is InChI=1S/C20H23FN2O2/c1-2-18(25-19-9-4-3-7-16(19)21)20(24)23-17-8-5-6-13-12-14(22)10-11-15(13)17/h3-4,7,9-12,17-18H,2,5-6,8,22H2,1H3,(H,23,24). The molecule has 1 amide bonds. The molecule has 3 rings (SSSR count). The Kier molecular flexibility index (Phi) is 5.22. The molecule has 0 saturated heterocycles. The number of ether oxygens (including phenoxy) is 1. The number of carbonyl (C=O) groups is 1. The summed E-state index contributed by atoms with van der Waals surface area (Å²) in [5, 5.41) is 3.06. The molecule has 0 saturated carbocycles. The van der Waals surface area contributed by atoms with Crippen molar-refractivity contribution in [2.45, 2.75) is 44.8 Å². The van der Waals surface area contributed by atoms with Crippen molar-refractivity contribution in [1.29, 1.82) is 0 Å². The van der Waals surface area contributed by atoms with E-state index in [0.29, 0.717) is 6.42 Å². The predicted molar refractivity (Wildman–Crippen MR) is 95.8 cm³/mol. The first-order valence-electron chi connectivity index (χ1n) is 8.68. The van der Waals surface area contributed by atoms with Gasteiger partial charge in [-0.3, -0.25) is 4.79 Å². The molecule has 1 aliphatic carbocycles. The zero-order valence-corrected chi connectivity index (χ0v) is 14.3. The van der Waals surface area contributed by atoms with Crippen molar-refractivity contribution >= 4 is 11.6 Å². The first-order valence-corrected chi connectivity index (χ1v) is 8.68. The summed E-state index contributed by atoms with van der Waals surface area (Å²) in [6.07, 6.45) is 2.57. The molecular weight excluding hydrogens is 319 g/mol. The average molecular weight is 342 g/mol. The molecule has 0 heterocycles. The molecule has 0 aromatic heterocycles. The van der Waals surface area contributed by atoms with Crippen LogP contribution in [0, 0.1) is 5.82 Å². The lowest BCUT2D eigenvalue weighted by Gasteiger charge is -2.28. The molecular formula is C20H23FN2O2. The number of hydrogen-bond donors (Lipinski definition) is 2. The molecule has 0 aliphatic heterocycles. The number of benzene rings is 2. The van der Waals surface area contributed by atoms with Crippen molar-refractivity contribution in [1.82, 2.24) is 5.32 Å². The molecule has 0 bridgehead atoms. The third kappa shape index (κ3) is 3.92. The average Bonchev–Trinajstić information content (AvgIpc) is 2.61. The van der Waals surface area contributed by atoms with E-state index in [9.17, 15) is 9.18 Å². The van der Waals surface area contributed by atoms with E-state index in [1.165, 1.54) is 17.7 Å². The number of hydrogen-bond acceptors (Lipinski definition) is 3. The molecule has 0 spiro atoms. The highest BCUT2D eigenvalue weighted by Gasteiger charge is 2.26.